The molecule has 0 N–H and O–H groups in total. The monoisotopic (exact) mass is 607 g/mol. The van der Waals surface area contributed by atoms with Crippen LogP contribution in [-0.4, -0.2) is 75.8 Å². The van der Waals surface area contributed by atoms with Gasteiger partial charge in [0, 0.05) is 19.3 Å². The van der Waals surface area contributed by atoms with Crippen molar-refractivity contribution < 1.29 is 46.8 Å². The van der Waals surface area contributed by atoms with Crippen molar-refractivity contribution in [2.45, 2.75) is 129 Å². The van der Waals surface area contributed by atoms with Crippen LogP contribution in [0.1, 0.15) is 123 Å². The van der Waals surface area contributed by atoms with Crippen molar-refractivity contribution in [2.24, 2.45) is 0 Å². The summed E-state index contributed by atoms with van der Waals surface area (Å²) in [7, 11) is 1.05. The molecule has 0 aliphatic heterocycles. The number of hydrogen-bond donors (Lipinski definition) is 0. The summed E-state index contributed by atoms with van der Waals surface area (Å²) in [6, 6.07) is 0. The second kappa shape index (κ2) is 24.2. The number of hydrogen-bond acceptors (Lipinski definition) is 9. The number of phosphoric acid groups is 1. The lowest BCUT2D eigenvalue weighted by Gasteiger charge is -2.28. The highest BCUT2D eigenvalue weighted by Gasteiger charge is 2.21. The largest absolute Gasteiger partial charge is 0.756 e. The van der Waals surface area contributed by atoms with Crippen molar-refractivity contribution in [1.82, 2.24) is 0 Å². The Morgan fingerprint density at radius 2 is 1.22 bits per heavy atom. The van der Waals surface area contributed by atoms with Gasteiger partial charge in [-0.2, -0.15) is 0 Å². The Balaban J connectivity index is 4.34. The molecule has 0 aliphatic carbocycles. The topological polar surface area (TPSA) is 128 Å². The van der Waals surface area contributed by atoms with Gasteiger partial charge in [0.15, 0.2) is 6.10 Å². The van der Waals surface area contributed by atoms with Crippen LogP contribution in [0, 0.1) is 0 Å². The van der Waals surface area contributed by atoms with Gasteiger partial charge in [0.2, 0.25) is 0 Å². The van der Waals surface area contributed by atoms with E-state index in [1.807, 2.05) is 21.1 Å². The molecule has 0 aromatic rings. The summed E-state index contributed by atoms with van der Waals surface area (Å²) in [5.41, 5.74) is 0. The van der Waals surface area contributed by atoms with E-state index in [2.05, 4.69) is 6.92 Å². The van der Waals surface area contributed by atoms with Crippen molar-refractivity contribution in [3.8, 4) is 0 Å². The highest BCUT2D eigenvalue weighted by molar-refractivity contribution is 7.45. The molecule has 2 atom stereocenters. The van der Waals surface area contributed by atoms with Gasteiger partial charge in [0.25, 0.3) is 7.82 Å². The van der Waals surface area contributed by atoms with E-state index in [0.717, 1.165) is 19.3 Å². The van der Waals surface area contributed by atoms with E-state index in [4.69, 9.17) is 18.5 Å². The molecule has 11 heteroatoms. The average molecular weight is 608 g/mol. The van der Waals surface area contributed by atoms with Crippen LogP contribution in [0.15, 0.2) is 0 Å². The SMILES string of the molecule is CCCCCCCCCCCCCCCC(=O)OCC(COP(=O)([O-])OCC[N+](C)(C)C)OC(=O)CCCC(C)=O. The first-order chi connectivity index (χ1) is 19.3. The molecule has 0 aromatic carbocycles. The standard InChI is InChI=1S/C30H58NO9P/c1-6-7-8-9-10-11-12-13-14-15-16-17-18-21-29(33)37-25-28(40-30(34)22-19-20-27(2)32)26-39-41(35,36)38-24-23-31(3,4)5/h28H,6-26H2,1-5H3. The molecule has 242 valence electrons. The van der Waals surface area contributed by atoms with Gasteiger partial charge in [-0.15, -0.1) is 0 Å². The number of unbranched alkanes of at least 4 members (excludes halogenated alkanes) is 12. The van der Waals surface area contributed by atoms with E-state index in [-0.39, 0.29) is 38.3 Å². The maximum Gasteiger partial charge on any atom is 0.306 e. The highest BCUT2D eigenvalue weighted by Crippen LogP contribution is 2.38. The molecule has 10 nitrogen and oxygen atoms in total. The van der Waals surface area contributed by atoms with Gasteiger partial charge in [0.1, 0.15) is 25.5 Å². The fourth-order valence-electron chi connectivity index (χ4n) is 4.03. The lowest BCUT2D eigenvalue weighted by atomic mass is 10.0. The normalized spacial score (nSPS) is 13.9. The van der Waals surface area contributed by atoms with Crippen LogP contribution in [0.25, 0.3) is 0 Å². The molecule has 0 bridgehead atoms. The van der Waals surface area contributed by atoms with Crippen molar-refractivity contribution in [3.05, 3.63) is 0 Å². The number of carbonyl (C=O) groups excluding carboxylic acids is 3. The van der Waals surface area contributed by atoms with Crippen LogP contribution in [0.4, 0.5) is 0 Å². The van der Waals surface area contributed by atoms with Crippen LogP contribution >= 0.6 is 7.82 Å². The predicted molar refractivity (Wildman–Crippen MR) is 158 cm³/mol. The minimum Gasteiger partial charge on any atom is -0.756 e. The Morgan fingerprint density at radius 3 is 1.73 bits per heavy atom. The van der Waals surface area contributed by atoms with Gasteiger partial charge in [-0.3, -0.25) is 14.2 Å². The lowest BCUT2D eigenvalue weighted by Crippen LogP contribution is -2.37. The summed E-state index contributed by atoms with van der Waals surface area (Å²) in [5.74, 6) is -1.10. The van der Waals surface area contributed by atoms with Crippen molar-refractivity contribution in [2.75, 3.05) is 47.5 Å². The molecule has 0 amide bonds. The fraction of sp³-hybridized carbons (Fsp3) is 0.900. The zero-order chi connectivity index (χ0) is 31.0. The van der Waals surface area contributed by atoms with Crippen LogP contribution in [0.3, 0.4) is 0 Å². The molecule has 0 aliphatic rings. The second-order valence-electron chi connectivity index (χ2n) is 11.9. The van der Waals surface area contributed by atoms with Crippen molar-refractivity contribution in [3.63, 3.8) is 0 Å². The number of rotatable bonds is 28. The Hall–Kier alpha value is -1.32. The second-order valence-corrected chi connectivity index (χ2v) is 13.3. The summed E-state index contributed by atoms with van der Waals surface area (Å²) >= 11 is 0. The molecule has 0 saturated carbocycles. The number of ketones is 1. The highest BCUT2D eigenvalue weighted by atomic mass is 31.2. The molecule has 0 rings (SSSR count). The Morgan fingerprint density at radius 1 is 0.707 bits per heavy atom. The number of phosphoric ester groups is 1. The Labute approximate surface area is 249 Å². The van der Waals surface area contributed by atoms with Gasteiger partial charge in [0.05, 0.1) is 27.7 Å². The minimum absolute atomic E-state index is 0.0159. The van der Waals surface area contributed by atoms with Gasteiger partial charge >= 0.3 is 11.9 Å². The van der Waals surface area contributed by atoms with Crippen LogP contribution < -0.4 is 4.89 Å². The molecule has 0 saturated heterocycles. The first kappa shape index (κ1) is 39.7. The number of quaternary nitrogens is 1. The molecule has 0 aromatic heterocycles. The quantitative estimate of drug-likeness (QED) is 0.0463. The van der Waals surface area contributed by atoms with E-state index in [0.29, 0.717) is 23.9 Å². The summed E-state index contributed by atoms with van der Waals surface area (Å²) in [4.78, 5) is 47.7. The van der Waals surface area contributed by atoms with E-state index < -0.39 is 32.5 Å². The third-order valence-corrected chi connectivity index (χ3v) is 7.52. The van der Waals surface area contributed by atoms with Gasteiger partial charge < -0.3 is 32.7 Å². The van der Waals surface area contributed by atoms with E-state index >= 15 is 0 Å². The Bertz CT molecular complexity index is 755. The van der Waals surface area contributed by atoms with E-state index in [1.165, 1.54) is 64.7 Å². The molecule has 2 unspecified atom stereocenters. The fourth-order valence-corrected chi connectivity index (χ4v) is 4.75. The molecule has 0 heterocycles. The molecule has 0 radical (unpaired) electrons. The predicted octanol–water partition coefficient (Wildman–Crippen LogP) is 5.89. The van der Waals surface area contributed by atoms with Crippen LogP contribution in [0.5, 0.6) is 0 Å². The third-order valence-electron chi connectivity index (χ3n) is 6.55. The first-order valence-corrected chi connectivity index (χ1v) is 17.1. The minimum atomic E-state index is -4.64. The van der Waals surface area contributed by atoms with E-state index in [9.17, 15) is 23.8 Å². The number of esters is 2. The zero-order valence-electron chi connectivity index (χ0n) is 26.5. The van der Waals surface area contributed by atoms with Crippen LogP contribution in [-0.2, 0) is 37.5 Å². The molecule has 41 heavy (non-hydrogen) atoms. The number of Topliss-reactive ketones (excluding diaryl/α,β-unsaturated/α-hetero) is 1. The van der Waals surface area contributed by atoms with Gasteiger partial charge in [-0.25, -0.2) is 0 Å². The zero-order valence-corrected chi connectivity index (χ0v) is 27.4. The third kappa shape index (κ3) is 28.6. The average Bonchev–Trinajstić information content (AvgIpc) is 2.87. The number of nitrogens with zero attached hydrogens (tertiary/aromatic N) is 1. The smallest absolute Gasteiger partial charge is 0.306 e. The number of likely N-dealkylation sites (N-methyl/N-ethyl adjacent to an activating group) is 1. The maximum atomic E-state index is 12.2. The van der Waals surface area contributed by atoms with Gasteiger partial charge in [-0.05, 0) is 19.8 Å². The molecular formula is C30H58NO9P. The van der Waals surface area contributed by atoms with Crippen molar-refractivity contribution >= 4 is 25.5 Å². The first-order valence-electron chi connectivity index (χ1n) is 15.6. The van der Waals surface area contributed by atoms with Gasteiger partial charge in [-0.1, -0.05) is 84.0 Å². The van der Waals surface area contributed by atoms with Crippen molar-refractivity contribution in [1.29, 1.82) is 0 Å². The maximum absolute atomic E-state index is 12.2. The molecular weight excluding hydrogens is 549 g/mol. The summed E-state index contributed by atoms with van der Waals surface area (Å²) in [6.45, 7) is 3.20. The lowest BCUT2D eigenvalue weighted by molar-refractivity contribution is -0.870. The number of carbonyl (C=O) groups is 3. The Kier molecular flexibility index (Phi) is 23.4. The van der Waals surface area contributed by atoms with E-state index in [1.54, 1.807) is 0 Å². The summed E-state index contributed by atoms with van der Waals surface area (Å²) in [5, 5.41) is 0. The molecule has 0 spiro atoms. The summed E-state index contributed by atoms with van der Waals surface area (Å²) < 4.78 is 33.0. The summed E-state index contributed by atoms with van der Waals surface area (Å²) in [6.07, 6.45) is 15.3. The van der Waals surface area contributed by atoms with Crippen LogP contribution in [0.2, 0.25) is 0 Å². The molecule has 0 fully saturated rings. The number of ether oxygens (including phenoxy) is 2.